The molecular weight excluding hydrogens is 949 g/mol. The van der Waals surface area contributed by atoms with Crippen molar-refractivity contribution < 1.29 is 28.6 Å². The minimum absolute atomic E-state index is 0.125. The highest BCUT2D eigenvalue weighted by Crippen LogP contribution is 2.13. The van der Waals surface area contributed by atoms with E-state index in [1.54, 1.807) is 0 Å². The van der Waals surface area contributed by atoms with Gasteiger partial charge in [0.2, 0.25) is 0 Å². The van der Waals surface area contributed by atoms with Gasteiger partial charge in [0.1, 0.15) is 13.2 Å². The Morgan fingerprint density at radius 2 is 0.468 bits per heavy atom. The lowest BCUT2D eigenvalue weighted by atomic mass is 10.1. The number of unbranched alkanes of at least 4 members (excludes halogenated alkanes) is 11. The number of rotatable bonds is 52. The quantitative estimate of drug-likeness (QED) is 0.0261. The van der Waals surface area contributed by atoms with Gasteiger partial charge in [0.15, 0.2) is 6.10 Å². The van der Waals surface area contributed by atoms with Crippen LogP contribution in [0, 0.1) is 0 Å². The summed E-state index contributed by atoms with van der Waals surface area (Å²) in [5.41, 5.74) is 0. The molecule has 0 aromatic rings. The molecule has 0 aliphatic heterocycles. The van der Waals surface area contributed by atoms with E-state index < -0.39 is 6.10 Å². The summed E-state index contributed by atoms with van der Waals surface area (Å²) in [5, 5.41) is 0. The van der Waals surface area contributed by atoms with Gasteiger partial charge in [-0.25, -0.2) is 0 Å². The second kappa shape index (κ2) is 63.0. The molecule has 0 N–H and O–H groups in total. The molecule has 1 unspecified atom stereocenters. The summed E-state index contributed by atoms with van der Waals surface area (Å²) in [4.78, 5) is 38.3. The molecule has 0 saturated heterocycles. The lowest BCUT2D eigenvalue weighted by Crippen LogP contribution is -2.30. The summed E-state index contributed by atoms with van der Waals surface area (Å²) in [7, 11) is 0. The van der Waals surface area contributed by atoms with Crippen molar-refractivity contribution in [2.45, 2.75) is 232 Å². The lowest BCUT2D eigenvalue weighted by Gasteiger charge is -2.18. The van der Waals surface area contributed by atoms with Gasteiger partial charge in [-0.05, 0) is 154 Å². The molecule has 428 valence electrons. The van der Waals surface area contributed by atoms with E-state index in [1.165, 1.54) is 19.3 Å². The molecule has 0 fully saturated rings. The average molecular weight is 1060 g/mol. The first-order valence-corrected chi connectivity index (χ1v) is 30.3. The number of allylic oxidation sites excluding steroid dienone is 30. The molecule has 0 rings (SSSR count). The molecule has 0 heterocycles. The van der Waals surface area contributed by atoms with Crippen LogP contribution in [0.3, 0.4) is 0 Å². The van der Waals surface area contributed by atoms with Crippen molar-refractivity contribution in [3.63, 3.8) is 0 Å². The normalized spacial score (nSPS) is 13.4. The molecule has 0 radical (unpaired) electrons. The molecule has 6 nitrogen and oxygen atoms in total. The lowest BCUT2D eigenvalue weighted by molar-refractivity contribution is -0.167. The van der Waals surface area contributed by atoms with Crippen molar-refractivity contribution in [1.82, 2.24) is 0 Å². The maximum Gasteiger partial charge on any atom is 0.306 e. The topological polar surface area (TPSA) is 78.9 Å². The number of ether oxygens (including phenoxy) is 3. The average Bonchev–Trinajstić information content (AvgIpc) is 3.43. The monoisotopic (exact) mass is 1060 g/mol. The molecule has 0 amide bonds. The van der Waals surface area contributed by atoms with Gasteiger partial charge in [-0.3, -0.25) is 14.4 Å². The van der Waals surface area contributed by atoms with Gasteiger partial charge < -0.3 is 14.2 Å². The Balaban J connectivity index is 4.56. The van der Waals surface area contributed by atoms with Crippen LogP contribution in [0.2, 0.25) is 0 Å². The van der Waals surface area contributed by atoms with Crippen molar-refractivity contribution in [2.24, 2.45) is 0 Å². The second-order valence-corrected chi connectivity index (χ2v) is 19.1. The molecule has 0 aromatic heterocycles. The first-order valence-electron chi connectivity index (χ1n) is 30.3. The van der Waals surface area contributed by atoms with Crippen molar-refractivity contribution in [3.8, 4) is 0 Å². The third kappa shape index (κ3) is 61.2. The summed E-state index contributed by atoms with van der Waals surface area (Å²) in [6.07, 6.45) is 94.6. The van der Waals surface area contributed by atoms with E-state index in [0.29, 0.717) is 19.3 Å². The fourth-order valence-corrected chi connectivity index (χ4v) is 7.46. The van der Waals surface area contributed by atoms with E-state index in [-0.39, 0.29) is 44.0 Å². The number of carbonyl (C=O) groups excluding carboxylic acids is 3. The van der Waals surface area contributed by atoms with Crippen LogP contribution in [-0.2, 0) is 28.6 Å². The van der Waals surface area contributed by atoms with Crippen LogP contribution in [0.25, 0.3) is 0 Å². The highest BCUT2D eigenvalue weighted by atomic mass is 16.6. The Bertz CT molecular complexity index is 1840. The fourth-order valence-electron chi connectivity index (χ4n) is 7.46. The van der Waals surface area contributed by atoms with Crippen LogP contribution in [-0.4, -0.2) is 37.2 Å². The largest absolute Gasteiger partial charge is 0.462 e. The minimum atomic E-state index is -0.835. The summed E-state index contributed by atoms with van der Waals surface area (Å²) < 4.78 is 16.8. The van der Waals surface area contributed by atoms with Crippen LogP contribution < -0.4 is 0 Å². The van der Waals surface area contributed by atoms with Crippen molar-refractivity contribution in [1.29, 1.82) is 0 Å². The van der Waals surface area contributed by atoms with Gasteiger partial charge in [-0.15, -0.1) is 0 Å². The number of hydrogen-bond acceptors (Lipinski definition) is 6. The summed E-state index contributed by atoms with van der Waals surface area (Å²) in [6.45, 7) is 6.20. The van der Waals surface area contributed by atoms with E-state index in [1.807, 2.05) is 0 Å². The summed E-state index contributed by atoms with van der Waals surface area (Å²) in [5.74, 6) is -1.03. The van der Waals surface area contributed by atoms with Crippen molar-refractivity contribution in [3.05, 3.63) is 182 Å². The summed E-state index contributed by atoms with van der Waals surface area (Å²) in [6, 6.07) is 0. The predicted octanol–water partition coefficient (Wildman–Crippen LogP) is 20.9. The zero-order valence-corrected chi connectivity index (χ0v) is 48.9. The van der Waals surface area contributed by atoms with E-state index in [4.69, 9.17) is 14.2 Å². The Morgan fingerprint density at radius 1 is 0.260 bits per heavy atom. The zero-order chi connectivity index (χ0) is 55.7. The van der Waals surface area contributed by atoms with Gasteiger partial charge in [-0.2, -0.15) is 0 Å². The Kier molecular flexibility index (Phi) is 58.6. The van der Waals surface area contributed by atoms with Crippen LogP contribution in [0.5, 0.6) is 0 Å². The SMILES string of the molecule is CC/C=C\C/C=C\C/C=C\C/C=C\C/C=C\C/C=C\CCCCC(=O)OC(COC(=O)CCCC/C=C\C/C=C\C/C=C\C/C=C\CC)COC(=O)CCCCCCCCC/C=C\C/C=C\C/C=C\C/C=C\C/C=C\CC. The predicted molar refractivity (Wildman–Crippen MR) is 334 cm³/mol. The first kappa shape index (κ1) is 71.5. The van der Waals surface area contributed by atoms with Gasteiger partial charge in [0.25, 0.3) is 0 Å². The van der Waals surface area contributed by atoms with Crippen LogP contribution >= 0.6 is 0 Å². The molecule has 0 aliphatic rings. The molecule has 0 spiro atoms. The molecule has 0 saturated carbocycles. The highest BCUT2D eigenvalue weighted by Gasteiger charge is 2.19. The maximum atomic E-state index is 12.9. The van der Waals surface area contributed by atoms with Gasteiger partial charge in [-0.1, -0.05) is 235 Å². The van der Waals surface area contributed by atoms with Gasteiger partial charge in [0.05, 0.1) is 0 Å². The van der Waals surface area contributed by atoms with Crippen molar-refractivity contribution in [2.75, 3.05) is 13.2 Å². The third-order valence-electron chi connectivity index (χ3n) is 11.9. The Hall–Kier alpha value is -5.49. The van der Waals surface area contributed by atoms with Gasteiger partial charge in [0, 0.05) is 19.3 Å². The molecule has 0 bridgehead atoms. The number of esters is 3. The van der Waals surface area contributed by atoms with Crippen LogP contribution in [0.4, 0.5) is 0 Å². The molecular formula is C71H108O6. The van der Waals surface area contributed by atoms with Crippen LogP contribution in [0.1, 0.15) is 226 Å². The smallest absolute Gasteiger partial charge is 0.306 e. The standard InChI is InChI=1S/C71H108O6/c1-4-7-10-13-16-19-22-25-28-30-32-34-35-37-38-40-43-46-49-52-55-58-61-64-70(73)76-67-68(66-75-69(72)63-60-57-54-51-48-45-42-27-24-21-18-15-12-9-6-3)77-71(74)65-62-59-56-53-50-47-44-41-39-36-33-31-29-26-23-20-17-14-11-8-5-2/h7-12,16-21,25-29,32-34,36-38,41-42,44,48,50-51,53,68H,4-6,13-15,22-24,30-31,35,39-40,43,45-47,49,52,54-67H2,1-3H3/b10-7-,11-8-,12-9-,19-16-,20-17-,21-18-,28-25-,29-26-,34-32-,36-33-,38-37-,42-27-,44-41-,51-48-,53-50-. The minimum Gasteiger partial charge on any atom is -0.462 e. The number of hydrogen-bond donors (Lipinski definition) is 0. The molecule has 0 aromatic carbocycles. The molecule has 1 atom stereocenters. The Morgan fingerprint density at radius 3 is 0.753 bits per heavy atom. The van der Waals surface area contributed by atoms with Crippen molar-refractivity contribution >= 4 is 17.9 Å². The van der Waals surface area contributed by atoms with E-state index in [2.05, 4.69) is 203 Å². The Labute approximate surface area is 472 Å². The van der Waals surface area contributed by atoms with Crippen LogP contribution in [0.15, 0.2) is 182 Å². The third-order valence-corrected chi connectivity index (χ3v) is 11.9. The van der Waals surface area contributed by atoms with Gasteiger partial charge >= 0.3 is 17.9 Å². The molecule has 77 heavy (non-hydrogen) atoms. The highest BCUT2D eigenvalue weighted by molar-refractivity contribution is 5.71. The molecule has 6 heteroatoms. The summed E-state index contributed by atoms with van der Waals surface area (Å²) >= 11 is 0. The van der Waals surface area contributed by atoms with E-state index in [9.17, 15) is 14.4 Å². The number of carbonyl (C=O) groups is 3. The maximum absolute atomic E-state index is 12.9. The van der Waals surface area contributed by atoms with E-state index >= 15 is 0 Å². The van der Waals surface area contributed by atoms with E-state index in [0.717, 1.165) is 154 Å². The first-order chi connectivity index (χ1) is 38.0. The zero-order valence-electron chi connectivity index (χ0n) is 48.9. The fraction of sp³-hybridized carbons (Fsp3) is 0.535. The second-order valence-electron chi connectivity index (χ2n) is 19.1. The molecule has 0 aliphatic carbocycles.